The molecule has 0 saturated carbocycles. The van der Waals surface area contributed by atoms with Gasteiger partial charge in [-0.25, -0.2) is 0 Å². The van der Waals surface area contributed by atoms with Gasteiger partial charge in [0.25, 0.3) is 16.4 Å². The summed E-state index contributed by atoms with van der Waals surface area (Å²) in [5.41, 5.74) is 6.15. The van der Waals surface area contributed by atoms with Crippen LogP contribution in [0.15, 0.2) is 149 Å². The zero-order valence-electron chi connectivity index (χ0n) is 30.9. The number of non-ortho nitro benzene ring substituents is 2. The Morgan fingerprint density at radius 2 is 1.30 bits per heavy atom. The first-order valence-electron chi connectivity index (χ1n) is 18.3. The Balaban J connectivity index is 0.000000193. The molecule has 5 aromatic carbocycles. The summed E-state index contributed by atoms with van der Waals surface area (Å²) in [4.78, 5) is 24.5. The molecular formula is C43H43BN4O4S2. The summed E-state index contributed by atoms with van der Waals surface area (Å²) >= 11 is 3.16. The van der Waals surface area contributed by atoms with Crippen LogP contribution < -0.4 is 25.9 Å². The maximum Gasteiger partial charge on any atom is 0.276 e. The number of nitro groups is 2. The van der Waals surface area contributed by atoms with E-state index < -0.39 is 6.15 Å². The molecule has 0 amide bonds. The van der Waals surface area contributed by atoms with E-state index >= 15 is 0 Å². The zero-order valence-corrected chi connectivity index (χ0v) is 32.5. The van der Waals surface area contributed by atoms with Crippen LogP contribution in [0.1, 0.15) is 39.1 Å². The molecule has 1 aromatic heterocycles. The minimum absolute atomic E-state index is 0.0814. The third-order valence-corrected chi connectivity index (χ3v) is 12.7. The highest BCUT2D eigenvalue weighted by atomic mass is 32.2. The topological polar surface area (TPSA) is 93.4 Å². The number of anilines is 1. The lowest BCUT2D eigenvalue weighted by Crippen LogP contribution is -2.69. The molecule has 0 radical (unpaired) electrons. The van der Waals surface area contributed by atoms with E-state index in [4.69, 9.17) is 0 Å². The molecular weight excluding hydrogens is 711 g/mol. The van der Waals surface area contributed by atoms with Crippen LogP contribution in [0.3, 0.4) is 0 Å². The number of benzene rings is 5. The molecule has 6 aromatic rings. The molecule has 2 heterocycles. The molecule has 1 aliphatic heterocycles. The first kappa shape index (κ1) is 38.2. The van der Waals surface area contributed by atoms with Gasteiger partial charge in [0.15, 0.2) is 0 Å². The molecule has 0 fully saturated rings. The van der Waals surface area contributed by atoms with Crippen LogP contribution >= 0.6 is 23.1 Å². The van der Waals surface area contributed by atoms with Crippen LogP contribution in [0.5, 0.6) is 0 Å². The molecule has 0 saturated heterocycles. The quantitative estimate of drug-likeness (QED) is 0.0567. The number of hydrogen-bond acceptors (Lipinski definition) is 7. The van der Waals surface area contributed by atoms with Gasteiger partial charge < -0.3 is 4.90 Å². The molecule has 11 heteroatoms. The third kappa shape index (κ3) is 7.60. The first-order valence-corrected chi connectivity index (χ1v) is 19.9. The number of nitrogens with zero attached hydrogens (tertiary/aromatic N) is 4. The summed E-state index contributed by atoms with van der Waals surface area (Å²) in [6.45, 7) is 10.1. The Morgan fingerprint density at radius 3 is 1.80 bits per heavy atom. The molecule has 1 aliphatic rings. The van der Waals surface area contributed by atoms with Gasteiger partial charge in [-0.2, -0.15) is 26.8 Å². The first-order chi connectivity index (χ1) is 26.2. The fraction of sp³-hybridized carbons (Fsp3) is 0.186. The lowest BCUT2D eigenvalue weighted by molar-refractivity contribution is -0.665. The second-order valence-electron chi connectivity index (χ2n) is 13.3. The van der Waals surface area contributed by atoms with Crippen molar-refractivity contribution in [1.29, 1.82) is 0 Å². The van der Waals surface area contributed by atoms with Crippen LogP contribution in [-0.4, -0.2) is 22.5 Å². The van der Waals surface area contributed by atoms with Crippen LogP contribution in [0.2, 0.25) is 5.82 Å². The molecule has 0 bridgehead atoms. The van der Waals surface area contributed by atoms with E-state index in [1.54, 1.807) is 47.4 Å². The van der Waals surface area contributed by atoms with E-state index in [9.17, 15) is 20.2 Å². The van der Waals surface area contributed by atoms with Crippen LogP contribution in [0.25, 0.3) is 16.3 Å². The Kier molecular flexibility index (Phi) is 12.1. The van der Waals surface area contributed by atoms with Gasteiger partial charge in [-0.15, -0.1) is 0 Å². The zero-order chi connectivity index (χ0) is 38.2. The predicted molar refractivity (Wildman–Crippen MR) is 227 cm³/mol. The lowest BCUT2D eigenvalue weighted by atomic mass is 9.10. The summed E-state index contributed by atoms with van der Waals surface area (Å²) in [6, 6.07) is 43.0. The van der Waals surface area contributed by atoms with Crippen molar-refractivity contribution < 1.29 is 14.4 Å². The van der Waals surface area contributed by atoms with E-state index in [1.165, 1.54) is 28.5 Å². The van der Waals surface area contributed by atoms with E-state index in [-0.39, 0.29) is 21.2 Å². The average Bonchev–Trinajstić information content (AvgIpc) is 3.75. The third-order valence-electron chi connectivity index (χ3n) is 10.4. The molecule has 0 spiro atoms. The smallest absolute Gasteiger partial charge is 0.276 e. The van der Waals surface area contributed by atoms with Crippen molar-refractivity contribution in [2.24, 2.45) is 0 Å². The van der Waals surface area contributed by atoms with Gasteiger partial charge in [-0.3, -0.25) is 20.2 Å². The predicted octanol–water partition coefficient (Wildman–Crippen LogP) is 9.47. The lowest BCUT2D eigenvalue weighted by Gasteiger charge is -2.48. The Bertz CT molecular complexity index is 2220. The van der Waals surface area contributed by atoms with Gasteiger partial charge in [-0.05, 0) is 32.1 Å². The fourth-order valence-corrected chi connectivity index (χ4v) is 9.94. The van der Waals surface area contributed by atoms with E-state index in [0.29, 0.717) is 18.9 Å². The van der Waals surface area contributed by atoms with Gasteiger partial charge in [0.1, 0.15) is 11.2 Å². The number of nitro benzene ring substituents is 2. The SMILES string of the molecule is CCC(C)[B-](c1ccccc1)(c1ccccc1)c1ccccc1.CCN1/C(=C/C=C/c2sc3ccc([N+](=O)[O-])cc3[n+]2CC)Sc2ccc([N+](=O)[O-])cc21. The molecule has 54 heavy (non-hydrogen) atoms. The van der Waals surface area contributed by atoms with E-state index in [0.717, 1.165) is 37.3 Å². The minimum Gasteiger partial charge on any atom is -0.335 e. The number of hydrogen-bond donors (Lipinski definition) is 0. The van der Waals surface area contributed by atoms with Crippen LogP contribution in [0.4, 0.5) is 17.1 Å². The monoisotopic (exact) mass is 754 g/mol. The maximum atomic E-state index is 11.1. The van der Waals surface area contributed by atoms with Crippen molar-refractivity contribution in [2.45, 2.75) is 51.4 Å². The molecule has 7 rings (SSSR count). The minimum atomic E-state index is -0.974. The van der Waals surface area contributed by atoms with Crippen molar-refractivity contribution in [2.75, 3.05) is 11.4 Å². The normalized spacial score (nSPS) is 13.9. The van der Waals surface area contributed by atoms with Gasteiger partial charge in [0, 0.05) is 35.7 Å². The fourth-order valence-electron chi connectivity index (χ4n) is 7.71. The van der Waals surface area contributed by atoms with Gasteiger partial charge in [0.2, 0.25) is 5.52 Å². The van der Waals surface area contributed by atoms with Crippen LogP contribution in [0, 0.1) is 20.2 Å². The number of rotatable bonds is 11. The second-order valence-corrected chi connectivity index (χ2v) is 15.4. The summed E-state index contributed by atoms with van der Waals surface area (Å²) in [5, 5.41) is 24.2. The van der Waals surface area contributed by atoms with Crippen molar-refractivity contribution in [1.82, 2.24) is 0 Å². The van der Waals surface area contributed by atoms with Gasteiger partial charge >= 0.3 is 0 Å². The number of fused-ring (bicyclic) bond motifs is 2. The summed E-state index contributed by atoms with van der Waals surface area (Å²) in [6.07, 6.45) is 6.12. The number of thiazole rings is 1. The highest BCUT2D eigenvalue weighted by Crippen LogP contribution is 2.47. The standard InChI is InChI=1S/C22H24B.C21H19N4O4S2/c1-3-19(2)23(20-13-7-4-8-14-20,21-15-9-5-10-16-21)22-17-11-6-12-18-22;1-3-22-16-12-14(24(26)27)8-10-18(16)30-20(22)6-5-7-21-23(4-2)17-13-15(25(28)29)9-11-19(17)31-21/h4-19H,3H2,1-2H3;5-13H,3-4H2,1-2H3/q-1;+1. The Morgan fingerprint density at radius 1 is 0.759 bits per heavy atom. The molecule has 0 N–H and O–H groups in total. The van der Waals surface area contributed by atoms with E-state index in [2.05, 4.69) is 114 Å². The van der Waals surface area contributed by atoms with Crippen molar-refractivity contribution in [3.63, 3.8) is 0 Å². The Hall–Kier alpha value is -5.52. The summed E-state index contributed by atoms with van der Waals surface area (Å²) < 4.78 is 3.05. The van der Waals surface area contributed by atoms with E-state index in [1.807, 2.05) is 32.1 Å². The average molecular weight is 755 g/mol. The van der Waals surface area contributed by atoms with Crippen molar-refractivity contribution in [3.8, 4) is 0 Å². The highest BCUT2D eigenvalue weighted by Gasteiger charge is 2.34. The van der Waals surface area contributed by atoms with Gasteiger partial charge in [0.05, 0.1) is 32.8 Å². The summed E-state index contributed by atoms with van der Waals surface area (Å²) in [5.74, 6) is 0.558. The van der Waals surface area contributed by atoms with Crippen LogP contribution in [-0.2, 0) is 6.54 Å². The molecule has 1 unspecified atom stereocenters. The van der Waals surface area contributed by atoms with Gasteiger partial charge in [-0.1, -0.05) is 140 Å². The largest absolute Gasteiger partial charge is 0.335 e. The molecule has 0 aliphatic carbocycles. The number of thioether (sulfide) groups is 1. The second kappa shape index (κ2) is 17.1. The molecule has 8 nitrogen and oxygen atoms in total. The highest BCUT2D eigenvalue weighted by molar-refractivity contribution is 8.03. The summed E-state index contributed by atoms with van der Waals surface area (Å²) in [7, 11) is 0. The number of aromatic nitrogens is 1. The Labute approximate surface area is 324 Å². The number of aryl methyl sites for hydroxylation is 1. The van der Waals surface area contributed by atoms with Crippen molar-refractivity contribution >= 4 is 79.0 Å². The molecule has 274 valence electrons. The molecule has 1 atom stereocenters. The maximum absolute atomic E-state index is 11.1. The number of allylic oxidation sites excluding steroid dienone is 2. The van der Waals surface area contributed by atoms with Crippen molar-refractivity contribution in [3.05, 3.63) is 170 Å².